The molecule has 4 rings (SSSR count). The summed E-state index contributed by atoms with van der Waals surface area (Å²) < 4.78 is 0. The fraction of sp³-hybridized carbons (Fsp3) is 0.429. The number of benzene rings is 1. The van der Waals surface area contributed by atoms with Crippen molar-refractivity contribution in [2.24, 2.45) is 0 Å². The molecule has 5 nitrogen and oxygen atoms in total. The highest BCUT2D eigenvalue weighted by atomic mass is 16.2. The van der Waals surface area contributed by atoms with Crippen molar-refractivity contribution in [2.75, 3.05) is 31.9 Å². The van der Waals surface area contributed by atoms with Crippen LogP contribution < -0.4 is 5.73 Å². The standard InChI is InChI=1S/C21H26N4O/c22-20-8-7-18(15-23-20)16-3-5-17(6-4-16)21(26)25-13-9-19(10-14-25)24-11-1-2-12-24/h3-8,15,19H,1-2,9-14H2,(H2,22,23). The third-order valence-corrected chi connectivity index (χ3v) is 5.66. The summed E-state index contributed by atoms with van der Waals surface area (Å²) in [6.45, 7) is 4.20. The van der Waals surface area contributed by atoms with Crippen molar-refractivity contribution in [3.05, 3.63) is 48.2 Å². The zero-order chi connectivity index (χ0) is 17.9. The monoisotopic (exact) mass is 350 g/mol. The molecule has 1 aromatic heterocycles. The van der Waals surface area contributed by atoms with Crippen LogP contribution in [0, 0.1) is 0 Å². The van der Waals surface area contributed by atoms with Crippen LogP contribution in [0.4, 0.5) is 5.82 Å². The van der Waals surface area contributed by atoms with Crippen LogP contribution in [0.5, 0.6) is 0 Å². The van der Waals surface area contributed by atoms with Crippen LogP contribution in [-0.2, 0) is 0 Å². The molecule has 1 aromatic carbocycles. The maximum Gasteiger partial charge on any atom is 0.253 e. The van der Waals surface area contributed by atoms with Crippen molar-refractivity contribution >= 4 is 11.7 Å². The molecule has 0 aliphatic carbocycles. The number of nitrogens with zero attached hydrogens (tertiary/aromatic N) is 3. The Morgan fingerprint density at radius 3 is 2.19 bits per heavy atom. The largest absolute Gasteiger partial charge is 0.384 e. The zero-order valence-corrected chi connectivity index (χ0v) is 15.1. The van der Waals surface area contributed by atoms with E-state index in [4.69, 9.17) is 5.73 Å². The van der Waals surface area contributed by atoms with E-state index < -0.39 is 0 Å². The average molecular weight is 350 g/mol. The maximum absolute atomic E-state index is 12.8. The molecule has 0 unspecified atom stereocenters. The van der Waals surface area contributed by atoms with Gasteiger partial charge in [-0.15, -0.1) is 0 Å². The molecular weight excluding hydrogens is 324 g/mol. The topological polar surface area (TPSA) is 62.5 Å². The lowest BCUT2D eigenvalue weighted by Gasteiger charge is -2.36. The first-order chi connectivity index (χ1) is 12.7. The van der Waals surface area contributed by atoms with Gasteiger partial charge >= 0.3 is 0 Å². The second-order valence-corrected chi connectivity index (χ2v) is 7.32. The molecule has 136 valence electrons. The molecule has 2 aliphatic heterocycles. The summed E-state index contributed by atoms with van der Waals surface area (Å²) >= 11 is 0. The second-order valence-electron chi connectivity index (χ2n) is 7.32. The van der Waals surface area contributed by atoms with Crippen LogP contribution in [0.15, 0.2) is 42.6 Å². The van der Waals surface area contributed by atoms with Gasteiger partial charge in [-0.2, -0.15) is 0 Å². The highest BCUT2D eigenvalue weighted by Crippen LogP contribution is 2.23. The molecule has 2 fully saturated rings. The first kappa shape index (κ1) is 17.0. The van der Waals surface area contributed by atoms with Gasteiger partial charge in [0.05, 0.1) is 0 Å². The van der Waals surface area contributed by atoms with Gasteiger partial charge in [-0.25, -0.2) is 4.98 Å². The first-order valence-corrected chi connectivity index (χ1v) is 9.56. The highest BCUT2D eigenvalue weighted by Gasteiger charge is 2.28. The number of carbonyl (C=O) groups is 1. The lowest BCUT2D eigenvalue weighted by atomic mass is 10.0. The van der Waals surface area contributed by atoms with Gasteiger partial charge in [-0.1, -0.05) is 12.1 Å². The van der Waals surface area contributed by atoms with Crippen molar-refractivity contribution in [1.82, 2.24) is 14.8 Å². The van der Waals surface area contributed by atoms with Crippen molar-refractivity contribution in [1.29, 1.82) is 0 Å². The minimum Gasteiger partial charge on any atom is -0.384 e. The van der Waals surface area contributed by atoms with Gasteiger partial charge in [0, 0.05) is 36.5 Å². The summed E-state index contributed by atoms with van der Waals surface area (Å²) in [7, 11) is 0. The summed E-state index contributed by atoms with van der Waals surface area (Å²) in [5.74, 6) is 0.657. The number of carbonyl (C=O) groups excluding carboxylic acids is 1. The fourth-order valence-corrected chi connectivity index (χ4v) is 4.10. The predicted octanol–water partition coefficient (Wildman–Crippen LogP) is 3.03. The normalized spacial score (nSPS) is 19.0. The molecule has 5 heteroatoms. The third-order valence-electron chi connectivity index (χ3n) is 5.66. The Morgan fingerprint density at radius 2 is 1.58 bits per heavy atom. The van der Waals surface area contributed by atoms with Gasteiger partial charge in [0.2, 0.25) is 0 Å². The lowest BCUT2D eigenvalue weighted by molar-refractivity contribution is 0.0644. The van der Waals surface area contributed by atoms with E-state index in [-0.39, 0.29) is 5.91 Å². The van der Waals surface area contributed by atoms with Gasteiger partial charge in [0.15, 0.2) is 0 Å². The van der Waals surface area contributed by atoms with Crippen LogP contribution in [0.1, 0.15) is 36.0 Å². The number of hydrogen-bond donors (Lipinski definition) is 1. The number of anilines is 1. The van der Waals surface area contributed by atoms with Crippen molar-refractivity contribution in [2.45, 2.75) is 31.7 Å². The fourth-order valence-electron chi connectivity index (χ4n) is 4.10. The Morgan fingerprint density at radius 1 is 0.923 bits per heavy atom. The number of likely N-dealkylation sites (tertiary alicyclic amines) is 2. The number of amides is 1. The second kappa shape index (κ2) is 7.46. The van der Waals surface area contributed by atoms with E-state index in [1.54, 1.807) is 12.3 Å². The van der Waals surface area contributed by atoms with Crippen LogP contribution in [0.3, 0.4) is 0 Å². The van der Waals surface area contributed by atoms with Gasteiger partial charge in [-0.3, -0.25) is 4.79 Å². The number of pyridine rings is 1. The van der Waals surface area contributed by atoms with E-state index in [2.05, 4.69) is 9.88 Å². The average Bonchev–Trinajstić information content (AvgIpc) is 3.23. The molecular formula is C21H26N4O. The van der Waals surface area contributed by atoms with Crippen molar-refractivity contribution in [3.63, 3.8) is 0 Å². The molecule has 2 saturated heterocycles. The Balaban J connectivity index is 1.38. The Labute approximate surface area is 154 Å². The van der Waals surface area contributed by atoms with Crippen LogP contribution in [-0.4, -0.2) is 52.9 Å². The number of nitrogens with two attached hydrogens (primary N) is 1. The lowest BCUT2D eigenvalue weighted by Crippen LogP contribution is -2.45. The molecule has 0 atom stereocenters. The molecule has 2 aromatic rings. The zero-order valence-electron chi connectivity index (χ0n) is 15.1. The Hall–Kier alpha value is -2.40. The smallest absolute Gasteiger partial charge is 0.253 e. The van der Waals surface area contributed by atoms with Crippen LogP contribution in [0.2, 0.25) is 0 Å². The van der Waals surface area contributed by atoms with Gasteiger partial charge < -0.3 is 15.5 Å². The Kier molecular flexibility index (Phi) is 4.89. The minimum absolute atomic E-state index is 0.145. The molecule has 3 heterocycles. The van der Waals surface area contributed by atoms with E-state index >= 15 is 0 Å². The summed E-state index contributed by atoms with van der Waals surface area (Å²) in [5.41, 5.74) is 8.44. The van der Waals surface area contributed by atoms with E-state index in [1.807, 2.05) is 35.2 Å². The molecule has 1 amide bonds. The highest BCUT2D eigenvalue weighted by molar-refractivity contribution is 5.94. The van der Waals surface area contributed by atoms with Gasteiger partial charge in [0.25, 0.3) is 5.91 Å². The maximum atomic E-state index is 12.8. The first-order valence-electron chi connectivity index (χ1n) is 9.56. The minimum atomic E-state index is 0.145. The number of aromatic nitrogens is 1. The SMILES string of the molecule is Nc1ccc(-c2ccc(C(=O)N3CCC(N4CCCC4)CC3)cc2)cn1. The molecule has 0 radical (unpaired) electrons. The quantitative estimate of drug-likeness (QED) is 0.924. The van der Waals surface area contributed by atoms with E-state index in [0.29, 0.717) is 11.9 Å². The van der Waals surface area contributed by atoms with E-state index in [0.717, 1.165) is 42.6 Å². The number of hydrogen-bond acceptors (Lipinski definition) is 4. The molecule has 2 N–H and O–H groups in total. The predicted molar refractivity (Wildman–Crippen MR) is 104 cm³/mol. The van der Waals surface area contributed by atoms with E-state index in [9.17, 15) is 4.79 Å². The van der Waals surface area contributed by atoms with Crippen molar-refractivity contribution < 1.29 is 4.79 Å². The van der Waals surface area contributed by atoms with Crippen LogP contribution in [0.25, 0.3) is 11.1 Å². The van der Waals surface area contributed by atoms with Crippen LogP contribution >= 0.6 is 0 Å². The molecule has 2 aliphatic rings. The van der Waals surface area contributed by atoms with Gasteiger partial charge in [-0.05, 0) is 68.6 Å². The number of nitrogen functional groups attached to an aromatic ring is 1. The summed E-state index contributed by atoms with van der Waals surface area (Å²) in [4.78, 5) is 21.5. The van der Waals surface area contributed by atoms with Crippen molar-refractivity contribution in [3.8, 4) is 11.1 Å². The number of rotatable bonds is 3. The van der Waals surface area contributed by atoms with Gasteiger partial charge in [0.1, 0.15) is 5.82 Å². The molecule has 0 saturated carbocycles. The molecule has 0 bridgehead atoms. The molecule has 0 spiro atoms. The Bertz CT molecular complexity index is 743. The summed E-state index contributed by atoms with van der Waals surface area (Å²) in [5, 5.41) is 0. The third kappa shape index (κ3) is 3.58. The molecule has 26 heavy (non-hydrogen) atoms. The number of piperidine rings is 1. The summed E-state index contributed by atoms with van der Waals surface area (Å²) in [6.07, 6.45) is 6.61. The summed E-state index contributed by atoms with van der Waals surface area (Å²) in [6, 6.07) is 12.2. The van der Waals surface area contributed by atoms with E-state index in [1.165, 1.54) is 25.9 Å².